The van der Waals surface area contributed by atoms with Crippen molar-refractivity contribution in [3.63, 3.8) is 0 Å². The Kier molecular flexibility index (Phi) is 6.09. The molecule has 2 aromatic carbocycles. The van der Waals surface area contributed by atoms with Gasteiger partial charge in [-0.2, -0.15) is 0 Å². The SMILES string of the molecule is O=C1CCOCN(C(=O)c2ccc(-c3cccc(NC(=O)C4CC4)c3)cc2)CCN1. The van der Waals surface area contributed by atoms with Gasteiger partial charge in [-0.3, -0.25) is 14.4 Å². The molecular weight excluding hydrogens is 382 g/mol. The molecule has 4 rings (SSSR count). The lowest BCUT2D eigenvalue weighted by molar-refractivity contribution is -0.122. The number of anilines is 1. The first-order valence-corrected chi connectivity index (χ1v) is 10.3. The van der Waals surface area contributed by atoms with Crippen molar-refractivity contribution in [2.24, 2.45) is 5.92 Å². The molecule has 7 heteroatoms. The van der Waals surface area contributed by atoms with Gasteiger partial charge in [0.2, 0.25) is 11.8 Å². The number of hydrogen-bond donors (Lipinski definition) is 2. The van der Waals surface area contributed by atoms with Crippen molar-refractivity contribution in [1.29, 1.82) is 0 Å². The van der Waals surface area contributed by atoms with Crippen LogP contribution < -0.4 is 10.6 Å². The van der Waals surface area contributed by atoms with E-state index in [0.29, 0.717) is 31.7 Å². The molecule has 0 radical (unpaired) electrons. The van der Waals surface area contributed by atoms with Crippen molar-refractivity contribution in [3.8, 4) is 11.1 Å². The van der Waals surface area contributed by atoms with Crippen LogP contribution in [-0.4, -0.2) is 49.0 Å². The summed E-state index contributed by atoms with van der Waals surface area (Å²) in [7, 11) is 0. The number of nitrogens with one attached hydrogen (secondary N) is 2. The number of carbonyl (C=O) groups excluding carboxylic acids is 3. The van der Waals surface area contributed by atoms with E-state index in [1.165, 1.54) is 0 Å². The molecule has 3 amide bonds. The number of carbonyl (C=O) groups is 3. The average molecular weight is 407 g/mol. The Labute approximate surface area is 175 Å². The van der Waals surface area contributed by atoms with E-state index in [2.05, 4.69) is 10.6 Å². The van der Waals surface area contributed by atoms with E-state index in [1.54, 1.807) is 17.0 Å². The van der Waals surface area contributed by atoms with Crippen LogP contribution in [0.25, 0.3) is 11.1 Å². The predicted molar refractivity (Wildman–Crippen MR) is 113 cm³/mol. The molecule has 156 valence electrons. The van der Waals surface area contributed by atoms with Crippen LogP contribution >= 0.6 is 0 Å². The quantitative estimate of drug-likeness (QED) is 0.816. The average Bonchev–Trinajstić information content (AvgIpc) is 3.60. The van der Waals surface area contributed by atoms with Gasteiger partial charge in [0.15, 0.2) is 0 Å². The van der Waals surface area contributed by atoms with Crippen molar-refractivity contribution < 1.29 is 19.1 Å². The number of benzene rings is 2. The zero-order valence-electron chi connectivity index (χ0n) is 16.7. The topological polar surface area (TPSA) is 87.7 Å². The fraction of sp³-hybridized carbons (Fsp3) is 0.348. The van der Waals surface area contributed by atoms with Crippen molar-refractivity contribution in [3.05, 3.63) is 54.1 Å². The van der Waals surface area contributed by atoms with Crippen molar-refractivity contribution >= 4 is 23.4 Å². The third-order valence-electron chi connectivity index (χ3n) is 5.26. The molecule has 30 heavy (non-hydrogen) atoms. The molecular formula is C23H25N3O4. The minimum absolute atomic E-state index is 0.0656. The van der Waals surface area contributed by atoms with Gasteiger partial charge in [-0.15, -0.1) is 0 Å². The third kappa shape index (κ3) is 5.04. The van der Waals surface area contributed by atoms with E-state index in [1.807, 2.05) is 36.4 Å². The molecule has 2 N–H and O–H groups in total. The summed E-state index contributed by atoms with van der Waals surface area (Å²) < 4.78 is 5.45. The number of nitrogens with zero attached hydrogens (tertiary/aromatic N) is 1. The zero-order chi connectivity index (χ0) is 20.9. The van der Waals surface area contributed by atoms with Crippen molar-refractivity contribution in [2.75, 3.05) is 31.7 Å². The number of ether oxygens (including phenoxy) is 1. The van der Waals surface area contributed by atoms with Gasteiger partial charge >= 0.3 is 0 Å². The summed E-state index contributed by atoms with van der Waals surface area (Å²) >= 11 is 0. The number of rotatable bonds is 4. The van der Waals surface area contributed by atoms with Crippen LogP contribution in [-0.2, 0) is 14.3 Å². The van der Waals surface area contributed by atoms with Gasteiger partial charge in [0, 0.05) is 30.3 Å². The smallest absolute Gasteiger partial charge is 0.255 e. The summed E-state index contributed by atoms with van der Waals surface area (Å²) in [5, 5.41) is 5.74. The highest BCUT2D eigenvalue weighted by atomic mass is 16.5. The zero-order valence-corrected chi connectivity index (χ0v) is 16.7. The molecule has 0 atom stereocenters. The van der Waals surface area contributed by atoms with E-state index in [9.17, 15) is 14.4 Å². The standard InChI is InChI=1S/C23H25N3O4/c27-21-10-13-30-15-26(12-11-24-21)23(29)18-8-4-16(5-9-18)19-2-1-3-20(14-19)25-22(28)17-6-7-17/h1-5,8-9,14,17H,6-7,10-13,15H2,(H,24,27)(H,25,28). The van der Waals surface area contributed by atoms with Gasteiger partial charge in [0.05, 0.1) is 13.0 Å². The van der Waals surface area contributed by atoms with Crippen molar-refractivity contribution in [1.82, 2.24) is 10.2 Å². The molecule has 1 aliphatic heterocycles. The summed E-state index contributed by atoms with van der Waals surface area (Å²) in [6, 6.07) is 15.1. The Hall–Kier alpha value is -3.19. The van der Waals surface area contributed by atoms with E-state index >= 15 is 0 Å². The van der Waals surface area contributed by atoms with Crippen LogP contribution in [0.5, 0.6) is 0 Å². The Morgan fingerprint density at radius 3 is 2.63 bits per heavy atom. The second-order valence-electron chi connectivity index (χ2n) is 7.63. The van der Waals surface area contributed by atoms with E-state index in [4.69, 9.17) is 4.74 Å². The predicted octanol–water partition coefficient (Wildman–Crippen LogP) is 2.64. The van der Waals surface area contributed by atoms with Gasteiger partial charge in [0.25, 0.3) is 5.91 Å². The molecule has 2 aromatic rings. The highest BCUT2D eigenvalue weighted by Crippen LogP contribution is 2.31. The third-order valence-corrected chi connectivity index (χ3v) is 5.26. The van der Waals surface area contributed by atoms with Crippen LogP contribution in [0.1, 0.15) is 29.6 Å². The maximum absolute atomic E-state index is 12.8. The minimum Gasteiger partial charge on any atom is -0.360 e. The van der Waals surface area contributed by atoms with Crippen LogP contribution in [0.2, 0.25) is 0 Å². The maximum Gasteiger partial charge on any atom is 0.255 e. The maximum atomic E-state index is 12.8. The first-order valence-electron chi connectivity index (χ1n) is 10.3. The Bertz CT molecular complexity index is 938. The Balaban J connectivity index is 1.43. The molecule has 1 saturated carbocycles. The first-order chi connectivity index (χ1) is 14.6. The second-order valence-corrected chi connectivity index (χ2v) is 7.63. The Morgan fingerprint density at radius 2 is 1.87 bits per heavy atom. The second kappa shape index (κ2) is 9.09. The van der Waals surface area contributed by atoms with E-state index in [0.717, 1.165) is 29.7 Å². The summed E-state index contributed by atoms with van der Waals surface area (Å²) in [6.45, 7) is 1.26. The molecule has 0 bridgehead atoms. The van der Waals surface area contributed by atoms with Crippen LogP contribution in [0, 0.1) is 5.92 Å². The fourth-order valence-corrected chi connectivity index (χ4v) is 3.34. The van der Waals surface area contributed by atoms with E-state index < -0.39 is 0 Å². The normalized spacial score (nSPS) is 17.3. The molecule has 2 aliphatic rings. The molecule has 7 nitrogen and oxygen atoms in total. The van der Waals surface area contributed by atoms with E-state index in [-0.39, 0.29) is 30.4 Å². The van der Waals surface area contributed by atoms with Gasteiger partial charge in [-0.05, 0) is 48.2 Å². The first kappa shape index (κ1) is 20.1. The molecule has 0 unspecified atom stereocenters. The lowest BCUT2D eigenvalue weighted by Crippen LogP contribution is -2.38. The molecule has 0 spiro atoms. The highest BCUT2D eigenvalue weighted by molar-refractivity contribution is 5.95. The van der Waals surface area contributed by atoms with Gasteiger partial charge in [-0.1, -0.05) is 24.3 Å². The molecule has 2 fully saturated rings. The Morgan fingerprint density at radius 1 is 1.07 bits per heavy atom. The van der Waals surface area contributed by atoms with Crippen LogP contribution in [0.15, 0.2) is 48.5 Å². The van der Waals surface area contributed by atoms with Gasteiger partial charge in [-0.25, -0.2) is 0 Å². The summed E-state index contributed by atoms with van der Waals surface area (Å²) in [6.07, 6.45) is 2.24. The molecule has 1 saturated heterocycles. The number of hydrogen-bond acceptors (Lipinski definition) is 4. The lowest BCUT2D eigenvalue weighted by atomic mass is 10.0. The number of amides is 3. The minimum atomic E-state index is -0.136. The lowest BCUT2D eigenvalue weighted by Gasteiger charge is -2.21. The molecule has 1 heterocycles. The monoisotopic (exact) mass is 407 g/mol. The summed E-state index contributed by atoms with van der Waals surface area (Å²) in [5.41, 5.74) is 3.27. The van der Waals surface area contributed by atoms with Gasteiger partial charge in [0.1, 0.15) is 6.73 Å². The summed E-state index contributed by atoms with van der Waals surface area (Å²) in [4.78, 5) is 37.9. The van der Waals surface area contributed by atoms with Crippen molar-refractivity contribution in [2.45, 2.75) is 19.3 Å². The molecule has 0 aromatic heterocycles. The molecule has 1 aliphatic carbocycles. The summed E-state index contributed by atoms with van der Waals surface area (Å²) in [5.74, 6) is 0.0340. The fourth-order valence-electron chi connectivity index (χ4n) is 3.34. The largest absolute Gasteiger partial charge is 0.360 e. The highest BCUT2D eigenvalue weighted by Gasteiger charge is 2.29. The van der Waals surface area contributed by atoms with Crippen LogP contribution in [0.4, 0.5) is 5.69 Å². The van der Waals surface area contributed by atoms with Crippen LogP contribution in [0.3, 0.4) is 0 Å². The van der Waals surface area contributed by atoms with Gasteiger partial charge < -0.3 is 20.3 Å².